The van der Waals surface area contributed by atoms with Crippen LogP contribution in [0.2, 0.25) is 10.0 Å². The number of nitrogens with one attached hydrogen (secondary N) is 2. The predicted molar refractivity (Wildman–Crippen MR) is 87.0 cm³/mol. The highest BCUT2D eigenvalue weighted by molar-refractivity contribution is 7.99. The Balaban J connectivity index is 1.88. The van der Waals surface area contributed by atoms with Gasteiger partial charge in [0.1, 0.15) is 0 Å². The van der Waals surface area contributed by atoms with Gasteiger partial charge >= 0.3 is 0 Å². The monoisotopic (exact) mass is 359 g/mol. The van der Waals surface area contributed by atoms with Crippen LogP contribution in [0.15, 0.2) is 34.2 Å². The number of hydrogen-bond donors (Lipinski definition) is 3. The molecule has 0 unspecified atom stereocenters. The van der Waals surface area contributed by atoms with Crippen molar-refractivity contribution in [1.82, 2.24) is 9.97 Å². The number of anilines is 1. The number of carbonyl (C=O) groups is 1. The highest BCUT2D eigenvalue weighted by Gasteiger charge is 2.09. The molecule has 0 spiro atoms. The Kier molecular flexibility index (Phi) is 5.70. The van der Waals surface area contributed by atoms with Crippen LogP contribution in [-0.2, 0) is 4.79 Å². The van der Waals surface area contributed by atoms with Gasteiger partial charge in [0.2, 0.25) is 11.8 Å². The molecule has 0 aliphatic heterocycles. The van der Waals surface area contributed by atoms with Gasteiger partial charge in [0.25, 0.3) is 5.56 Å². The van der Waals surface area contributed by atoms with Crippen molar-refractivity contribution in [1.29, 1.82) is 0 Å². The lowest BCUT2D eigenvalue weighted by Crippen LogP contribution is -2.13. The van der Waals surface area contributed by atoms with Gasteiger partial charge in [-0.1, -0.05) is 41.0 Å². The zero-order valence-electron chi connectivity index (χ0n) is 11.1. The predicted octanol–water partition coefficient (Wildman–Crippen LogP) is 2.90. The molecule has 1 amide bonds. The number of carbonyl (C=O) groups excluding carboxylic acids is 1. The fraction of sp³-hybridized carbons (Fsp3) is 0.154. The third kappa shape index (κ3) is 4.66. The van der Waals surface area contributed by atoms with Gasteiger partial charge in [-0.3, -0.25) is 9.59 Å². The molecule has 0 saturated heterocycles. The molecule has 1 aromatic heterocycles. The summed E-state index contributed by atoms with van der Waals surface area (Å²) in [5.41, 5.74) is -0.0155. The molecule has 22 heavy (non-hydrogen) atoms. The summed E-state index contributed by atoms with van der Waals surface area (Å²) < 4.78 is 0. The van der Waals surface area contributed by atoms with E-state index in [2.05, 4.69) is 15.3 Å². The van der Waals surface area contributed by atoms with Crippen molar-refractivity contribution >= 4 is 46.6 Å². The largest absolute Gasteiger partial charge is 0.493 e. The van der Waals surface area contributed by atoms with Crippen LogP contribution in [0.5, 0.6) is 5.88 Å². The molecule has 116 valence electrons. The van der Waals surface area contributed by atoms with Gasteiger partial charge in [-0.15, -0.1) is 0 Å². The quantitative estimate of drug-likeness (QED) is 0.563. The van der Waals surface area contributed by atoms with Gasteiger partial charge in [0.05, 0.1) is 21.8 Å². The summed E-state index contributed by atoms with van der Waals surface area (Å²) in [5, 5.41) is 12.7. The lowest BCUT2D eigenvalue weighted by atomic mass is 10.3. The highest BCUT2D eigenvalue weighted by atomic mass is 35.5. The van der Waals surface area contributed by atoms with Gasteiger partial charge in [-0.2, -0.15) is 4.98 Å². The number of amides is 1. The number of benzene rings is 1. The summed E-state index contributed by atoms with van der Waals surface area (Å²) in [6.45, 7) is 0. The van der Waals surface area contributed by atoms with E-state index in [-0.39, 0.29) is 28.4 Å². The fourth-order valence-electron chi connectivity index (χ4n) is 1.54. The van der Waals surface area contributed by atoms with Crippen LogP contribution in [0.3, 0.4) is 0 Å². The molecule has 0 aliphatic rings. The molecule has 3 N–H and O–H groups in total. The van der Waals surface area contributed by atoms with Gasteiger partial charge in [-0.05, 0) is 12.1 Å². The molecule has 0 fully saturated rings. The molecule has 2 rings (SSSR count). The van der Waals surface area contributed by atoms with Gasteiger partial charge in [-0.25, -0.2) is 0 Å². The first-order chi connectivity index (χ1) is 10.5. The minimum absolute atomic E-state index is 0.173. The first-order valence-corrected chi connectivity index (χ1v) is 7.87. The second-order valence-electron chi connectivity index (χ2n) is 4.16. The van der Waals surface area contributed by atoms with Crippen LogP contribution < -0.4 is 10.9 Å². The molecule has 9 heteroatoms. The Hall–Kier alpha value is -1.70. The molecule has 2 aromatic rings. The van der Waals surface area contributed by atoms with Crippen molar-refractivity contribution in [3.05, 3.63) is 44.7 Å². The molecule has 0 aliphatic carbocycles. The third-order valence-corrected chi connectivity index (χ3v) is 4.19. The van der Waals surface area contributed by atoms with E-state index in [9.17, 15) is 14.7 Å². The molecule has 6 nitrogen and oxygen atoms in total. The van der Waals surface area contributed by atoms with E-state index >= 15 is 0 Å². The van der Waals surface area contributed by atoms with Gasteiger partial charge in [0, 0.05) is 12.2 Å². The van der Waals surface area contributed by atoms with Gasteiger partial charge in [0.15, 0.2) is 5.16 Å². The lowest BCUT2D eigenvalue weighted by Gasteiger charge is -2.07. The zero-order chi connectivity index (χ0) is 16.1. The maximum atomic E-state index is 11.8. The van der Waals surface area contributed by atoms with E-state index in [0.717, 1.165) is 17.8 Å². The SMILES string of the molecule is O=C(CCSc1nc(O)cc(=O)[nH]1)Nc1cccc(Cl)c1Cl. The maximum absolute atomic E-state index is 11.8. The standard InChI is InChI=1S/C13H11Cl2N3O3S/c14-7-2-1-3-8(12(7)15)16-9(19)4-5-22-13-17-10(20)6-11(21)18-13/h1-3,6H,4-5H2,(H,16,19)(H2,17,18,20,21). The summed E-state index contributed by atoms with van der Waals surface area (Å²) in [7, 11) is 0. The summed E-state index contributed by atoms with van der Waals surface area (Å²) >= 11 is 13.0. The van der Waals surface area contributed by atoms with Crippen LogP contribution in [0.1, 0.15) is 6.42 Å². The van der Waals surface area contributed by atoms with Crippen LogP contribution in [-0.4, -0.2) is 26.7 Å². The first-order valence-electron chi connectivity index (χ1n) is 6.12. The Morgan fingerprint density at radius 2 is 2.18 bits per heavy atom. The van der Waals surface area contributed by atoms with E-state index in [1.54, 1.807) is 18.2 Å². The third-order valence-electron chi connectivity index (χ3n) is 2.50. The molecule has 0 saturated carbocycles. The smallest absolute Gasteiger partial charge is 0.255 e. The van der Waals surface area contributed by atoms with Gasteiger partial charge < -0.3 is 15.4 Å². The number of aromatic amines is 1. The van der Waals surface area contributed by atoms with E-state index < -0.39 is 5.56 Å². The van der Waals surface area contributed by atoms with E-state index in [0.29, 0.717) is 16.5 Å². The molecular formula is C13H11Cl2N3O3S. The van der Waals surface area contributed by atoms with Crippen molar-refractivity contribution in [3.63, 3.8) is 0 Å². The van der Waals surface area contributed by atoms with Crippen molar-refractivity contribution in [2.45, 2.75) is 11.6 Å². The summed E-state index contributed by atoms with van der Waals surface area (Å²) in [6, 6.07) is 5.92. The molecule has 0 atom stereocenters. The van der Waals surface area contributed by atoms with Crippen molar-refractivity contribution in [2.75, 3.05) is 11.1 Å². The summed E-state index contributed by atoms with van der Waals surface area (Å²) in [4.78, 5) is 29.2. The van der Waals surface area contributed by atoms with Crippen LogP contribution in [0, 0.1) is 0 Å². The van der Waals surface area contributed by atoms with Crippen molar-refractivity contribution in [3.8, 4) is 5.88 Å². The Bertz CT molecular complexity index is 752. The Morgan fingerprint density at radius 1 is 1.41 bits per heavy atom. The molecule has 0 bridgehead atoms. The number of aromatic hydroxyl groups is 1. The first kappa shape index (κ1) is 16.7. The van der Waals surface area contributed by atoms with Crippen LogP contribution >= 0.6 is 35.0 Å². The Labute approximate surface area is 139 Å². The van der Waals surface area contributed by atoms with Crippen LogP contribution in [0.25, 0.3) is 0 Å². The Morgan fingerprint density at radius 3 is 2.91 bits per heavy atom. The number of aromatic nitrogens is 2. The average Bonchev–Trinajstić information content (AvgIpc) is 2.43. The van der Waals surface area contributed by atoms with E-state index in [4.69, 9.17) is 23.2 Å². The number of rotatable bonds is 5. The highest BCUT2D eigenvalue weighted by Crippen LogP contribution is 2.29. The normalized spacial score (nSPS) is 10.5. The van der Waals surface area contributed by atoms with Crippen LogP contribution in [0.4, 0.5) is 5.69 Å². The average molecular weight is 360 g/mol. The molecule has 1 aromatic carbocycles. The minimum atomic E-state index is -0.454. The topological polar surface area (TPSA) is 95.1 Å². The van der Waals surface area contributed by atoms with Crippen molar-refractivity contribution < 1.29 is 9.90 Å². The van der Waals surface area contributed by atoms with Crippen molar-refractivity contribution in [2.24, 2.45) is 0 Å². The fourth-order valence-corrected chi connectivity index (χ4v) is 2.70. The molecular weight excluding hydrogens is 349 g/mol. The zero-order valence-corrected chi connectivity index (χ0v) is 13.4. The number of halogens is 2. The molecule has 1 heterocycles. The van der Waals surface area contributed by atoms with E-state index in [1.165, 1.54) is 0 Å². The lowest BCUT2D eigenvalue weighted by molar-refractivity contribution is -0.115. The summed E-state index contributed by atoms with van der Waals surface area (Å²) in [5.74, 6) is -0.239. The van der Waals surface area contributed by atoms with E-state index in [1.807, 2.05) is 0 Å². The minimum Gasteiger partial charge on any atom is -0.493 e. The second kappa shape index (κ2) is 7.53. The number of hydrogen-bond acceptors (Lipinski definition) is 5. The second-order valence-corrected chi connectivity index (χ2v) is 6.03. The maximum Gasteiger partial charge on any atom is 0.255 e. The number of thioether (sulfide) groups is 1. The number of nitrogens with zero attached hydrogens (tertiary/aromatic N) is 1. The number of H-pyrrole nitrogens is 1. The molecule has 0 radical (unpaired) electrons. The summed E-state index contributed by atoms with van der Waals surface area (Å²) in [6.07, 6.45) is 0.173.